The third-order valence-corrected chi connectivity index (χ3v) is 5.12. The average Bonchev–Trinajstić information content (AvgIpc) is 2.61. The van der Waals surface area contributed by atoms with Crippen LogP contribution >= 0.6 is 0 Å². The highest BCUT2D eigenvalue weighted by atomic mass is 19.4. The monoisotopic (exact) mass is 387 g/mol. The Hall–Kier alpha value is -2.16. The molecule has 2 aliphatic rings. The summed E-state index contributed by atoms with van der Waals surface area (Å²) in [6, 6.07) is 4.12. The van der Waals surface area contributed by atoms with Gasteiger partial charge in [0.05, 0.1) is 5.54 Å². The third-order valence-electron chi connectivity index (χ3n) is 5.12. The molecule has 1 aromatic heterocycles. The number of pyridine rings is 1. The number of nitrogens with zero attached hydrogens (tertiary/aromatic N) is 3. The van der Waals surface area contributed by atoms with E-state index in [-0.39, 0.29) is 5.54 Å². The Morgan fingerprint density at radius 3 is 2.59 bits per heavy atom. The molecule has 0 saturated carbocycles. The summed E-state index contributed by atoms with van der Waals surface area (Å²) in [4.78, 5) is 29.6. The van der Waals surface area contributed by atoms with Crippen molar-refractivity contribution < 1.29 is 27.9 Å². The number of rotatable bonds is 2. The number of aromatic nitrogens is 1. The van der Waals surface area contributed by atoms with Gasteiger partial charge in [-0.2, -0.15) is 13.2 Å². The van der Waals surface area contributed by atoms with Gasteiger partial charge >= 0.3 is 12.1 Å². The van der Waals surface area contributed by atoms with Crippen molar-refractivity contribution in [3.05, 3.63) is 30.1 Å². The van der Waals surface area contributed by atoms with Crippen molar-refractivity contribution in [2.24, 2.45) is 0 Å². The number of carbonyl (C=O) groups is 2. The van der Waals surface area contributed by atoms with E-state index in [0.717, 1.165) is 45.3 Å². The molecule has 27 heavy (non-hydrogen) atoms. The fraction of sp³-hybridized carbons (Fsp3) is 0.611. The molecule has 0 radical (unpaired) electrons. The predicted molar refractivity (Wildman–Crippen MR) is 91.8 cm³/mol. The van der Waals surface area contributed by atoms with Crippen LogP contribution in [0.25, 0.3) is 0 Å². The first-order chi connectivity index (χ1) is 12.6. The van der Waals surface area contributed by atoms with E-state index < -0.39 is 12.1 Å². The van der Waals surface area contributed by atoms with E-state index in [0.29, 0.717) is 5.91 Å². The summed E-state index contributed by atoms with van der Waals surface area (Å²) in [5, 5.41) is 7.12. The van der Waals surface area contributed by atoms with E-state index >= 15 is 0 Å². The van der Waals surface area contributed by atoms with Gasteiger partial charge in [0.15, 0.2) is 0 Å². The van der Waals surface area contributed by atoms with Crippen LogP contribution in [0.5, 0.6) is 0 Å². The third kappa shape index (κ3) is 5.66. The minimum absolute atomic E-state index is 0.0792. The minimum Gasteiger partial charge on any atom is -0.475 e. The van der Waals surface area contributed by atoms with Crippen LogP contribution in [0.1, 0.15) is 37.7 Å². The molecule has 9 heteroatoms. The summed E-state index contributed by atoms with van der Waals surface area (Å²) in [7, 11) is 2.00. The van der Waals surface area contributed by atoms with E-state index in [4.69, 9.17) is 9.90 Å². The number of hydrogen-bond donors (Lipinski definition) is 1. The van der Waals surface area contributed by atoms with Gasteiger partial charge in [-0.1, -0.05) is 6.07 Å². The summed E-state index contributed by atoms with van der Waals surface area (Å²) >= 11 is 0. The molecule has 0 aromatic carbocycles. The largest absolute Gasteiger partial charge is 0.490 e. The summed E-state index contributed by atoms with van der Waals surface area (Å²) in [5.74, 6) is -2.44. The van der Waals surface area contributed by atoms with Crippen molar-refractivity contribution in [2.75, 3.05) is 20.1 Å². The van der Waals surface area contributed by atoms with Crippen molar-refractivity contribution in [2.45, 2.75) is 50.4 Å². The van der Waals surface area contributed by atoms with Crippen LogP contribution in [0.2, 0.25) is 0 Å². The maximum atomic E-state index is 12.0. The molecule has 3 heterocycles. The standard InChI is InChI=1S/C16H23N3O.C2HF3O2/c1-18-15(20)6-2-7-16(18)8-4-10-19(13-16)12-14-5-3-9-17-11-14;3-2(4,5)1(6)7/h3,5,9,11H,2,4,6-8,10,12-13H2,1H3;(H,6,7). The molecule has 1 spiro atoms. The number of hydrogen-bond acceptors (Lipinski definition) is 4. The second-order valence-electron chi connectivity index (χ2n) is 7.01. The lowest BCUT2D eigenvalue weighted by atomic mass is 9.80. The maximum Gasteiger partial charge on any atom is 0.490 e. The number of alkyl halides is 3. The second kappa shape index (κ2) is 8.69. The number of likely N-dealkylation sites (N-methyl/N-ethyl adjacent to an activating group) is 1. The lowest BCUT2D eigenvalue weighted by molar-refractivity contribution is -0.192. The minimum atomic E-state index is -5.08. The molecule has 2 saturated heterocycles. The van der Waals surface area contributed by atoms with Crippen LogP contribution in [-0.4, -0.2) is 63.6 Å². The van der Waals surface area contributed by atoms with Crippen LogP contribution < -0.4 is 0 Å². The Kier molecular flexibility index (Phi) is 6.80. The molecule has 150 valence electrons. The first-order valence-electron chi connectivity index (χ1n) is 8.82. The molecule has 1 unspecified atom stereocenters. The summed E-state index contributed by atoms with van der Waals surface area (Å²) < 4.78 is 31.7. The predicted octanol–water partition coefficient (Wildman–Crippen LogP) is 2.69. The molecule has 6 nitrogen and oxygen atoms in total. The van der Waals surface area contributed by atoms with Gasteiger partial charge in [0, 0.05) is 39.0 Å². The molecule has 1 amide bonds. The number of carboxylic acid groups (broad SMARTS) is 1. The summed E-state index contributed by atoms with van der Waals surface area (Å²) in [6.07, 6.45) is 3.92. The highest BCUT2D eigenvalue weighted by Gasteiger charge is 2.43. The fourth-order valence-electron chi connectivity index (χ4n) is 3.74. The lowest BCUT2D eigenvalue weighted by Crippen LogP contribution is -2.60. The van der Waals surface area contributed by atoms with Crippen molar-refractivity contribution in [3.8, 4) is 0 Å². The molecule has 2 aliphatic heterocycles. The second-order valence-corrected chi connectivity index (χ2v) is 7.01. The number of likely N-dealkylation sites (tertiary alicyclic amines) is 2. The molecule has 1 aromatic rings. The van der Waals surface area contributed by atoms with E-state index in [9.17, 15) is 18.0 Å². The number of halogens is 3. The van der Waals surface area contributed by atoms with Crippen LogP contribution in [0.15, 0.2) is 24.5 Å². The van der Waals surface area contributed by atoms with E-state index in [1.807, 2.05) is 30.4 Å². The number of carboxylic acids is 1. The molecular formula is C18H24F3N3O3. The molecule has 1 atom stereocenters. The molecule has 0 bridgehead atoms. The summed E-state index contributed by atoms with van der Waals surface area (Å²) in [6.45, 7) is 3.07. The fourth-order valence-corrected chi connectivity index (χ4v) is 3.74. The van der Waals surface area contributed by atoms with Crippen molar-refractivity contribution in [1.82, 2.24) is 14.8 Å². The lowest BCUT2D eigenvalue weighted by Gasteiger charge is -2.50. The molecule has 2 fully saturated rings. The Bertz CT molecular complexity index is 650. The summed E-state index contributed by atoms with van der Waals surface area (Å²) in [5.41, 5.74) is 1.34. The van der Waals surface area contributed by atoms with Gasteiger partial charge in [-0.3, -0.25) is 14.7 Å². The first kappa shape index (κ1) is 21.1. The van der Waals surface area contributed by atoms with Crippen molar-refractivity contribution in [3.63, 3.8) is 0 Å². The zero-order valence-corrected chi connectivity index (χ0v) is 15.2. The zero-order valence-electron chi connectivity index (χ0n) is 15.2. The zero-order chi connectivity index (χ0) is 20.1. The van der Waals surface area contributed by atoms with Gasteiger partial charge in [-0.15, -0.1) is 0 Å². The normalized spacial score (nSPS) is 23.7. The molecule has 0 aliphatic carbocycles. The number of aliphatic carboxylic acids is 1. The van der Waals surface area contributed by atoms with Gasteiger partial charge < -0.3 is 10.0 Å². The Morgan fingerprint density at radius 1 is 1.33 bits per heavy atom. The number of amides is 1. The van der Waals surface area contributed by atoms with Gasteiger partial charge in [0.25, 0.3) is 0 Å². The highest BCUT2D eigenvalue weighted by molar-refractivity contribution is 5.77. The van der Waals surface area contributed by atoms with Crippen LogP contribution in [0, 0.1) is 0 Å². The highest BCUT2D eigenvalue weighted by Crippen LogP contribution is 2.35. The first-order valence-corrected chi connectivity index (χ1v) is 8.82. The number of carbonyl (C=O) groups excluding carboxylic acids is 1. The van der Waals surface area contributed by atoms with Crippen LogP contribution in [0.3, 0.4) is 0 Å². The Balaban J connectivity index is 0.000000321. The van der Waals surface area contributed by atoms with E-state index in [1.54, 1.807) is 0 Å². The Morgan fingerprint density at radius 2 is 2.00 bits per heavy atom. The topological polar surface area (TPSA) is 73.7 Å². The molecule has 1 N–H and O–H groups in total. The van der Waals surface area contributed by atoms with Gasteiger partial charge in [0.2, 0.25) is 5.91 Å². The molecule has 3 rings (SSSR count). The van der Waals surface area contributed by atoms with Crippen molar-refractivity contribution in [1.29, 1.82) is 0 Å². The van der Waals surface area contributed by atoms with E-state index in [1.165, 1.54) is 12.0 Å². The average molecular weight is 387 g/mol. The van der Waals surface area contributed by atoms with Gasteiger partial charge in [-0.05, 0) is 43.9 Å². The van der Waals surface area contributed by atoms with Gasteiger partial charge in [-0.25, -0.2) is 4.79 Å². The van der Waals surface area contributed by atoms with E-state index in [2.05, 4.69) is 16.0 Å². The van der Waals surface area contributed by atoms with Crippen LogP contribution in [-0.2, 0) is 16.1 Å². The van der Waals surface area contributed by atoms with Gasteiger partial charge in [0.1, 0.15) is 0 Å². The van der Waals surface area contributed by atoms with Crippen LogP contribution in [0.4, 0.5) is 13.2 Å². The molecular weight excluding hydrogens is 363 g/mol. The quantitative estimate of drug-likeness (QED) is 0.845. The number of piperidine rings is 2. The smallest absolute Gasteiger partial charge is 0.475 e. The Labute approximate surface area is 156 Å². The maximum absolute atomic E-state index is 12.0. The SMILES string of the molecule is CN1C(=O)CCCC12CCCN(Cc1cccnc1)C2.O=C(O)C(F)(F)F. The van der Waals surface area contributed by atoms with Crippen molar-refractivity contribution >= 4 is 11.9 Å².